The number of hydrogen-bond acceptors (Lipinski definition) is 4. The summed E-state index contributed by atoms with van der Waals surface area (Å²) in [5, 5.41) is 7.10. The molecule has 1 aliphatic carbocycles. The van der Waals surface area contributed by atoms with Crippen molar-refractivity contribution in [2.75, 3.05) is 6.54 Å². The molecule has 1 amide bonds. The van der Waals surface area contributed by atoms with Crippen molar-refractivity contribution in [2.45, 2.75) is 26.3 Å². The van der Waals surface area contributed by atoms with Crippen LogP contribution in [0.15, 0.2) is 27.6 Å². The number of aryl methyl sites for hydroxylation is 1. The highest BCUT2D eigenvalue weighted by atomic mass is 16.3. The second-order valence-corrected chi connectivity index (χ2v) is 5.79. The minimum Gasteiger partial charge on any atom is -0.463 e. The van der Waals surface area contributed by atoms with Crippen molar-refractivity contribution in [2.24, 2.45) is 5.92 Å². The number of carbonyl (C=O) groups excluding carboxylic acids is 1. The number of aromatic nitrogens is 3. The van der Waals surface area contributed by atoms with E-state index in [1.807, 2.05) is 0 Å². The first-order valence-electron chi connectivity index (χ1n) is 7.36. The van der Waals surface area contributed by atoms with E-state index in [1.165, 1.54) is 17.5 Å². The summed E-state index contributed by atoms with van der Waals surface area (Å²) in [5.41, 5.74) is 1.62. The second-order valence-electron chi connectivity index (χ2n) is 5.79. The zero-order chi connectivity index (χ0) is 15.3. The van der Waals surface area contributed by atoms with E-state index in [-0.39, 0.29) is 18.0 Å². The van der Waals surface area contributed by atoms with Crippen LogP contribution in [-0.4, -0.2) is 26.6 Å². The Hall–Kier alpha value is -2.57. The standard InChI is InChI=1S/C15H16N4O3/c1-9-17-18(8-14(20)16-7-10-2-3-10)15(21)12-6-13-11(19(9)12)4-5-22-13/h4-6,10H,2-3,7-8H2,1H3,(H,16,20). The first-order chi connectivity index (χ1) is 10.6. The smallest absolute Gasteiger partial charge is 0.291 e. The molecule has 0 aromatic carbocycles. The Balaban J connectivity index is 1.70. The molecule has 7 heteroatoms. The van der Waals surface area contributed by atoms with Crippen LogP contribution in [0, 0.1) is 12.8 Å². The van der Waals surface area contributed by atoms with Gasteiger partial charge in [-0.25, -0.2) is 4.68 Å². The van der Waals surface area contributed by atoms with E-state index in [0.29, 0.717) is 29.4 Å². The molecular weight excluding hydrogens is 284 g/mol. The maximum absolute atomic E-state index is 12.5. The lowest BCUT2D eigenvalue weighted by atomic mass is 10.4. The fourth-order valence-electron chi connectivity index (χ4n) is 2.71. The summed E-state index contributed by atoms with van der Waals surface area (Å²) in [5.74, 6) is 1.07. The van der Waals surface area contributed by atoms with Gasteiger partial charge in [0.05, 0.1) is 11.8 Å². The molecule has 3 heterocycles. The van der Waals surface area contributed by atoms with Crippen molar-refractivity contribution >= 4 is 22.5 Å². The molecule has 1 saturated carbocycles. The van der Waals surface area contributed by atoms with Crippen LogP contribution < -0.4 is 10.9 Å². The molecule has 7 nitrogen and oxygen atoms in total. The predicted molar refractivity (Wildman–Crippen MR) is 79.7 cm³/mol. The number of amides is 1. The van der Waals surface area contributed by atoms with Crippen molar-refractivity contribution in [1.82, 2.24) is 19.5 Å². The van der Waals surface area contributed by atoms with Gasteiger partial charge in [-0.15, -0.1) is 0 Å². The normalized spacial score (nSPS) is 14.8. The van der Waals surface area contributed by atoms with Gasteiger partial charge in [0.1, 0.15) is 17.9 Å². The van der Waals surface area contributed by atoms with Gasteiger partial charge in [0.2, 0.25) is 5.91 Å². The minimum atomic E-state index is -0.293. The topological polar surface area (TPSA) is 81.5 Å². The summed E-state index contributed by atoms with van der Waals surface area (Å²) in [6.07, 6.45) is 3.92. The van der Waals surface area contributed by atoms with Crippen molar-refractivity contribution in [3.63, 3.8) is 0 Å². The van der Waals surface area contributed by atoms with Crippen LogP contribution in [0.25, 0.3) is 16.6 Å². The number of nitrogens with zero attached hydrogens (tertiary/aromatic N) is 3. The highest BCUT2D eigenvalue weighted by molar-refractivity contribution is 5.82. The summed E-state index contributed by atoms with van der Waals surface area (Å²) < 4.78 is 8.29. The molecule has 4 rings (SSSR count). The Morgan fingerprint density at radius 3 is 3.05 bits per heavy atom. The minimum absolute atomic E-state index is 0.0601. The van der Waals surface area contributed by atoms with Crippen LogP contribution in [0.4, 0.5) is 0 Å². The van der Waals surface area contributed by atoms with Gasteiger partial charge in [0, 0.05) is 18.7 Å². The lowest BCUT2D eigenvalue weighted by Crippen LogP contribution is -2.35. The molecule has 0 unspecified atom stereocenters. The molecule has 0 radical (unpaired) electrons. The van der Waals surface area contributed by atoms with Crippen molar-refractivity contribution in [3.8, 4) is 0 Å². The number of fused-ring (bicyclic) bond motifs is 3. The number of hydrogen-bond donors (Lipinski definition) is 1. The Bertz CT molecular complexity index is 929. The molecule has 3 aromatic rings. The first-order valence-corrected chi connectivity index (χ1v) is 7.36. The van der Waals surface area contributed by atoms with Gasteiger partial charge in [-0.05, 0) is 25.7 Å². The van der Waals surface area contributed by atoms with E-state index in [4.69, 9.17) is 4.42 Å². The lowest BCUT2D eigenvalue weighted by Gasteiger charge is -2.08. The summed E-state index contributed by atoms with van der Waals surface area (Å²) in [6, 6.07) is 3.48. The van der Waals surface area contributed by atoms with Crippen LogP contribution in [0.1, 0.15) is 18.7 Å². The monoisotopic (exact) mass is 300 g/mol. The van der Waals surface area contributed by atoms with Crippen LogP contribution in [0.3, 0.4) is 0 Å². The fraction of sp³-hybridized carbons (Fsp3) is 0.400. The third kappa shape index (κ3) is 2.09. The van der Waals surface area contributed by atoms with Gasteiger partial charge in [-0.3, -0.25) is 14.0 Å². The summed E-state index contributed by atoms with van der Waals surface area (Å²) in [6.45, 7) is 2.43. The van der Waals surface area contributed by atoms with Crippen molar-refractivity contribution in [3.05, 3.63) is 34.6 Å². The van der Waals surface area contributed by atoms with Gasteiger partial charge >= 0.3 is 0 Å². The summed E-state index contributed by atoms with van der Waals surface area (Å²) in [4.78, 5) is 24.4. The quantitative estimate of drug-likeness (QED) is 0.781. The first kappa shape index (κ1) is 13.1. The van der Waals surface area contributed by atoms with E-state index >= 15 is 0 Å². The fourth-order valence-corrected chi connectivity index (χ4v) is 2.71. The molecule has 114 valence electrons. The molecule has 0 spiro atoms. The average molecular weight is 300 g/mol. The molecular formula is C15H16N4O3. The van der Waals surface area contributed by atoms with Gasteiger partial charge < -0.3 is 9.73 Å². The molecule has 1 N–H and O–H groups in total. The maximum atomic E-state index is 12.5. The maximum Gasteiger partial charge on any atom is 0.291 e. The van der Waals surface area contributed by atoms with E-state index in [9.17, 15) is 9.59 Å². The Morgan fingerprint density at radius 2 is 2.27 bits per heavy atom. The van der Waals surface area contributed by atoms with Gasteiger partial charge in [-0.1, -0.05) is 0 Å². The molecule has 1 aliphatic rings. The number of carbonyl (C=O) groups is 1. The van der Waals surface area contributed by atoms with Crippen LogP contribution in [0.5, 0.6) is 0 Å². The average Bonchev–Trinajstić information content (AvgIpc) is 3.07. The number of nitrogens with one attached hydrogen (secondary N) is 1. The highest BCUT2D eigenvalue weighted by Crippen LogP contribution is 2.27. The highest BCUT2D eigenvalue weighted by Gasteiger charge is 2.22. The molecule has 0 saturated heterocycles. The van der Waals surface area contributed by atoms with Gasteiger partial charge in [-0.2, -0.15) is 5.10 Å². The molecule has 0 atom stereocenters. The third-order valence-corrected chi connectivity index (χ3v) is 4.04. The van der Waals surface area contributed by atoms with Crippen LogP contribution in [0.2, 0.25) is 0 Å². The molecule has 3 aromatic heterocycles. The number of furan rings is 1. The van der Waals surface area contributed by atoms with Crippen LogP contribution >= 0.6 is 0 Å². The summed E-state index contributed by atoms with van der Waals surface area (Å²) in [7, 11) is 0. The summed E-state index contributed by atoms with van der Waals surface area (Å²) >= 11 is 0. The Labute approximate surface area is 125 Å². The molecule has 0 aliphatic heterocycles. The zero-order valence-electron chi connectivity index (χ0n) is 12.2. The molecule has 0 bridgehead atoms. The second kappa shape index (κ2) is 4.72. The van der Waals surface area contributed by atoms with Crippen molar-refractivity contribution < 1.29 is 9.21 Å². The van der Waals surface area contributed by atoms with E-state index in [1.54, 1.807) is 29.7 Å². The Kier molecular flexibility index (Phi) is 2.82. The largest absolute Gasteiger partial charge is 0.463 e. The SMILES string of the molecule is Cc1nn(CC(=O)NCC2CC2)c(=O)c2cc3occc3n12. The van der Waals surface area contributed by atoms with E-state index in [2.05, 4.69) is 10.4 Å². The molecule has 22 heavy (non-hydrogen) atoms. The Morgan fingerprint density at radius 1 is 1.45 bits per heavy atom. The number of rotatable bonds is 4. The predicted octanol–water partition coefficient (Wildman–Crippen LogP) is 1.08. The van der Waals surface area contributed by atoms with E-state index in [0.717, 1.165) is 5.52 Å². The third-order valence-electron chi connectivity index (χ3n) is 4.04. The lowest BCUT2D eigenvalue weighted by molar-refractivity contribution is -0.121. The van der Waals surface area contributed by atoms with Gasteiger partial charge in [0.15, 0.2) is 5.58 Å². The zero-order valence-corrected chi connectivity index (χ0v) is 12.2. The van der Waals surface area contributed by atoms with Crippen molar-refractivity contribution in [1.29, 1.82) is 0 Å². The molecule has 1 fully saturated rings. The van der Waals surface area contributed by atoms with Crippen LogP contribution in [-0.2, 0) is 11.3 Å². The van der Waals surface area contributed by atoms with Gasteiger partial charge in [0.25, 0.3) is 5.56 Å². The van der Waals surface area contributed by atoms with E-state index < -0.39 is 0 Å².